The lowest BCUT2D eigenvalue weighted by atomic mass is 10.0. The first-order chi connectivity index (χ1) is 9.97. The molecule has 1 N–H and O–H groups in total. The molecular weight excluding hydrogens is 270 g/mol. The third-order valence-corrected chi connectivity index (χ3v) is 3.79. The largest absolute Gasteiger partial charge is 0.379 e. The highest BCUT2D eigenvalue weighted by Gasteiger charge is 2.30. The molecule has 0 radical (unpaired) electrons. The molecule has 110 valence electrons. The Labute approximate surface area is 122 Å². The standard InChI is InChI=1S/C15H17N3O3/c1-10-7-14(17-15(2)5-6-21-9-15)12-8-11(18(19)20)3-4-13(12)16-10/h3-4,7-8H,5-6,9H2,1-2H3,(H,16,17). The molecule has 1 aliphatic heterocycles. The van der Waals surface area contributed by atoms with Crippen molar-refractivity contribution in [2.75, 3.05) is 18.5 Å². The minimum Gasteiger partial charge on any atom is -0.379 e. The maximum absolute atomic E-state index is 11.0. The number of anilines is 1. The van der Waals surface area contributed by atoms with Gasteiger partial charge in [-0.1, -0.05) is 0 Å². The average Bonchev–Trinajstić information content (AvgIpc) is 2.84. The number of nitrogens with zero attached hydrogens (tertiary/aromatic N) is 2. The average molecular weight is 287 g/mol. The van der Waals surface area contributed by atoms with Crippen LogP contribution in [0, 0.1) is 17.0 Å². The molecule has 0 aliphatic carbocycles. The van der Waals surface area contributed by atoms with Crippen LogP contribution in [0.15, 0.2) is 24.3 Å². The van der Waals surface area contributed by atoms with Gasteiger partial charge >= 0.3 is 0 Å². The number of rotatable bonds is 3. The summed E-state index contributed by atoms with van der Waals surface area (Å²) in [7, 11) is 0. The van der Waals surface area contributed by atoms with Gasteiger partial charge in [-0.25, -0.2) is 0 Å². The fraction of sp³-hybridized carbons (Fsp3) is 0.400. The second kappa shape index (κ2) is 4.96. The van der Waals surface area contributed by atoms with Gasteiger partial charge in [-0.15, -0.1) is 0 Å². The van der Waals surface area contributed by atoms with Crippen LogP contribution >= 0.6 is 0 Å². The van der Waals surface area contributed by atoms with Crippen molar-refractivity contribution in [1.82, 2.24) is 4.98 Å². The molecule has 1 aromatic carbocycles. The van der Waals surface area contributed by atoms with Crippen LogP contribution in [0.5, 0.6) is 0 Å². The number of pyridine rings is 1. The van der Waals surface area contributed by atoms with Crippen molar-refractivity contribution >= 4 is 22.3 Å². The molecule has 6 nitrogen and oxygen atoms in total. The molecule has 0 spiro atoms. The molecule has 3 rings (SSSR count). The summed E-state index contributed by atoms with van der Waals surface area (Å²) in [5, 5.41) is 15.2. The highest BCUT2D eigenvalue weighted by Crippen LogP contribution is 2.31. The number of hydrogen-bond donors (Lipinski definition) is 1. The smallest absolute Gasteiger partial charge is 0.270 e. The van der Waals surface area contributed by atoms with Gasteiger partial charge in [0.05, 0.1) is 22.6 Å². The predicted octanol–water partition coefficient (Wildman–Crippen LogP) is 3.04. The molecule has 1 fully saturated rings. The van der Waals surface area contributed by atoms with Crippen molar-refractivity contribution in [1.29, 1.82) is 0 Å². The monoisotopic (exact) mass is 287 g/mol. The van der Waals surface area contributed by atoms with Crippen molar-refractivity contribution in [3.63, 3.8) is 0 Å². The molecule has 2 heterocycles. The number of hydrogen-bond acceptors (Lipinski definition) is 5. The predicted molar refractivity (Wildman–Crippen MR) is 80.6 cm³/mol. The minimum absolute atomic E-state index is 0.0732. The normalized spacial score (nSPS) is 21.6. The molecule has 1 saturated heterocycles. The quantitative estimate of drug-likeness (QED) is 0.693. The molecule has 1 aromatic heterocycles. The van der Waals surface area contributed by atoms with Crippen molar-refractivity contribution < 1.29 is 9.66 Å². The molecule has 21 heavy (non-hydrogen) atoms. The number of nitro groups is 1. The number of nitro benzene ring substituents is 1. The van der Waals surface area contributed by atoms with E-state index < -0.39 is 0 Å². The molecule has 1 atom stereocenters. The van der Waals surface area contributed by atoms with E-state index in [0.29, 0.717) is 6.61 Å². The van der Waals surface area contributed by atoms with Crippen LogP contribution in [-0.4, -0.2) is 28.7 Å². The summed E-state index contributed by atoms with van der Waals surface area (Å²) in [6.45, 7) is 5.37. The van der Waals surface area contributed by atoms with E-state index >= 15 is 0 Å². The fourth-order valence-electron chi connectivity index (χ4n) is 2.65. The molecule has 0 bridgehead atoms. The number of fused-ring (bicyclic) bond motifs is 1. The van der Waals surface area contributed by atoms with Crippen LogP contribution in [0.2, 0.25) is 0 Å². The number of aryl methyl sites for hydroxylation is 1. The second-order valence-electron chi connectivity index (χ2n) is 5.76. The highest BCUT2D eigenvalue weighted by molar-refractivity contribution is 5.93. The maximum atomic E-state index is 11.0. The van der Waals surface area contributed by atoms with Gasteiger partial charge in [0.15, 0.2) is 0 Å². The first kappa shape index (κ1) is 13.8. The zero-order chi connectivity index (χ0) is 15.0. The molecule has 0 amide bonds. The Hall–Kier alpha value is -2.21. The lowest BCUT2D eigenvalue weighted by Crippen LogP contribution is -2.35. The Bertz CT molecular complexity index is 709. The first-order valence-corrected chi connectivity index (χ1v) is 6.89. The van der Waals surface area contributed by atoms with Gasteiger partial charge in [0.1, 0.15) is 0 Å². The lowest BCUT2D eigenvalue weighted by Gasteiger charge is -2.26. The van der Waals surface area contributed by atoms with Gasteiger partial charge in [-0.2, -0.15) is 0 Å². The number of benzene rings is 1. The van der Waals surface area contributed by atoms with E-state index in [9.17, 15) is 10.1 Å². The van der Waals surface area contributed by atoms with Crippen LogP contribution in [0.1, 0.15) is 19.0 Å². The number of nitrogens with one attached hydrogen (secondary N) is 1. The summed E-state index contributed by atoms with van der Waals surface area (Å²) in [5.74, 6) is 0. The lowest BCUT2D eigenvalue weighted by molar-refractivity contribution is -0.384. The first-order valence-electron chi connectivity index (χ1n) is 6.89. The Kier molecular flexibility index (Phi) is 3.25. The van der Waals surface area contributed by atoms with E-state index in [4.69, 9.17) is 4.74 Å². The Morgan fingerprint density at radius 1 is 1.43 bits per heavy atom. The summed E-state index contributed by atoms with van der Waals surface area (Å²) < 4.78 is 5.45. The minimum atomic E-state index is -0.385. The summed E-state index contributed by atoms with van der Waals surface area (Å²) >= 11 is 0. The van der Waals surface area contributed by atoms with Gasteiger partial charge in [0.25, 0.3) is 5.69 Å². The van der Waals surface area contributed by atoms with Gasteiger partial charge in [0.2, 0.25) is 0 Å². The van der Waals surface area contributed by atoms with Crippen LogP contribution in [0.3, 0.4) is 0 Å². The molecule has 6 heteroatoms. The third kappa shape index (κ3) is 2.67. The van der Waals surface area contributed by atoms with E-state index in [1.807, 2.05) is 13.0 Å². The van der Waals surface area contributed by atoms with Gasteiger partial charge in [-0.3, -0.25) is 15.1 Å². The zero-order valence-electron chi connectivity index (χ0n) is 12.0. The van der Waals surface area contributed by atoms with Gasteiger partial charge in [0, 0.05) is 35.5 Å². The molecular formula is C15H17N3O3. The van der Waals surface area contributed by atoms with Crippen molar-refractivity contribution in [2.45, 2.75) is 25.8 Å². The van der Waals surface area contributed by atoms with Crippen LogP contribution in [0.4, 0.5) is 11.4 Å². The molecule has 1 aliphatic rings. The Balaban J connectivity index is 2.10. The van der Waals surface area contributed by atoms with Crippen LogP contribution in [0.25, 0.3) is 10.9 Å². The van der Waals surface area contributed by atoms with Gasteiger partial charge < -0.3 is 10.1 Å². The Morgan fingerprint density at radius 3 is 2.90 bits per heavy atom. The molecule has 2 aromatic rings. The van der Waals surface area contributed by atoms with E-state index in [1.165, 1.54) is 6.07 Å². The molecule has 1 unspecified atom stereocenters. The van der Waals surface area contributed by atoms with Crippen molar-refractivity contribution in [3.05, 3.63) is 40.1 Å². The Morgan fingerprint density at radius 2 is 2.24 bits per heavy atom. The SMILES string of the molecule is Cc1cc(NC2(C)CCOC2)c2cc([N+](=O)[O-])ccc2n1. The van der Waals surface area contributed by atoms with Crippen LogP contribution < -0.4 is 5.32 Å². The van der Waals surface area contributed by atoms with Crippen molar-refractivity contribution in [2.24, 2.45) is 0 Å². The zero-order valence-corrected chi connectivity index (χ0v) is 12.0. The van der Waals surface area contributed by atoms with E-state index in [2.05, 4.69) is 17.2 Å². The summed E-state index contributed by atoms with van der Waals surface area (Å²) in [6, 6.07) is 6.68. The van der Waals surface area contributed by atoms with E-state index in [-0.39, 0.29) is 16.1 Å². The summed E-state index contributed by atoms with van der Waals surface area (Å²) in [4.78, 5) is 15.0. The maximum Gasteiger partial charge on any atom is 0.270 e. The highest BCUT2D eigenvalue weighted by atomic mass is 16.6. The second-order valence-corrected chi connectivity index (χ2v) is 5.76. The number of aromatic nitrogens is 1. The molecule has 0 saturated carbocycles. The topological polar surface area (TPSA) is 77.3 Å². The van der Waals surface area contributed by atoms with Gasteiger partial charge in [-0.05, 0) is 32.4 Å². The fourth-order valence-corrected chi connectivity index (χ4v) is 2.65. The van der Waals surface area contributed by atoms with Crippen molar-refractivity contribution in [3.8, 4) is 0 Å². The third-order valence-electron chi connectivity index (χ3n) is 3.79. The van der Waals surface area contributed by atoms with E-state index in [1.54, 1.807) is 12.1 Å². The number of ether oxygens (including phenoxy) is 1. The van der Waals surface area contributed by atoms with Crippen LogP contribution in [-0.2, 0) is 4.74 Å². The number of non-ortho nitro benzene ring substituents is 1. The summed E-state index contributed by atoms with van der Waals surface area (Å²) in [6.07, 6.45) is 0.908. The van der Waals surface area contributed by atoms with E-state index in [0.717, 1.165) is 35.3 Å². The summed E-state index contributed by atoms with van der Waals surface area (Å²) in [5.41, 5.74) is 2.43.